The molecule has 2 aliphatic carbocycles. The smallest absolute Gasteiger partial charge is 0.410 e. The summed E-state index contributed by atoms with van der Waals surface area (Å²) in [5.74, 6) is -0.339. The normalized spacial score (nSPS) is 22.1. The summed E-state index contributed by atoms with van der Waals surface area (Å²) in [7, 11) is 1.68. The lowest BCUT2D eigenvalue weighted by Crippen LogP contribution is -2.69. The minimum Gasteiger partial charge on any atom is -0.459 e. The van der Waals surface area contributed by atoms with E-state index in [2.05, 4.69) is 32.6 Å². The van der Waals surface area contributed by atoms with E-state index in [-0.39, 0.29) is 69.5 Å². The van der Waals surface area contributed by atoms with Gasteiger partial charge in [0.25, 0.3) is 5.69 Å². The SMILES string of the molecule is C=CCOC12Oc3ccc(Oc4ccc(C)c(C)c4)cc3C3C(CCCCO)C(CCCCO)C=C(C(=NOCc4ccc([N+](=O)[O-])cc4)CC1N(C)C(=O)OCCOCc1ccccc1)C32. The number of nitrogens with zero attached hydrogens (tertiary/aromatic N) is 3. The molecule has 14 heteroatoms. The highest BCUT2D eigenvalue weighted by Gasteiger charge is 2.65. The summed E-state index contributed by atoms with van der Waals surface area (Å²) in [6, 6.07) is 27.0. The Balaban J connectivity index is 1.32. The van der Waals surface area contributed by atoms with Gasteiger partial charge in [-0.05, 0) is 122 Å². The van der Waals surface area contributed by atoms with Gasteiger partial charge in [0.2, 0.25) is 5.79 Å². The number of amides is 1. The van der Waals surface area contributed by atoms with Gasteiger partial charge in [-0.1, -0.05) is 66.5 Å². The van der Waals surface area contributed by atoms with Crippen molar-refractivity contribution < 1.29 is 48.5 Å². The first-order chi connectivity index (χ1) is 32.6. The average molecular weight is 918 g/mol. The molecule has 0 saturated heterocycles. The van der Waals surface area contributed by atoms with Gasteiger partial charge >= 0.3 is 6.09 Å². The fourth-order valence-electron chi connectivity index (χ4n) is 9.78. The van der Waals surface area contributed by atoms with Crippen molar-refractivity contribution in [3.8, 4) is 17.2 Å². The van der Waals surface area contributed by atoms with Crippen LogP contribution in [0.15, 0.2) is 120 Å². The van der Waals surface area contributed by atoms with Crippen LogP contribution in [-0.4, -0.2) is 83.8 Å². The predicted molar refractivity (Wildman–Crippen MR) is 254 cm³/mol. The summed E-state index contributed by atoms with van der Waals surface area (Å²) in [6.07, 6.45) is 7.86. The molecule has 1 saturated carbocycles. The molecule has 6 unspecified atom stereocenters. The Morgan fingerprint density at radius 1 is 0.910 bits per heavy atom. The number of oxime groups is 1. The Morgan fingerprint density at radius 3 is 2.34 bits per heavy atom. The number of carbonyl (C=O) groups is 1. The Hall–Kier alpha value is -6.06. The van der Waals surface area contributed by atoms with Crippen molar-refractivity contribution in [2.24, 2.45) is 22.9 Å². The number of hydrogen-bond acceptors (Lipinski definition) is 12. The summed E-state index contributed by atoms with van der Waals surface area (Å²) in [6.45, 7) is 8.96. The first-order valence-electron chi connectivity index (χ1n) is 23.3. The van der Waals surface area contributed by atoms with Gasteiger partial charge in [-0.15, -0.1) is 6.58 Å². The number of aryl methyl sites for hydroxylation is 2. The van der Waals surface area contributed by atoms with Crippen LogP contribution in [0.25, 0.3) is 0 Å². The predicted octanol–water partition coefficient (Wildman–Crippen LogP) is 10.1. The number of likely N-dealkylation sites (N-methyl/N-ethyl adjacent to an activating group) is 1. The minimum absolute atomic E-state index is 0.00488. The second-order valence-corrected chi connectivity index (χ2v) is 17.6. The van der Waals surface area contributed by atoms with Crippen LogP contribution < -0.4 is 9.47 Å². The Morgan fingerprint density at radius 2 is 1.63 bits per heavy atom. The van der Waals surface area contributed by atoms with Crippen LogP contribution in [-0.2, 0) is 32.3 Å². The van der Waals surface area contributed by atoms with E-state index in [0.717, 1.165) is 53.5 Å². The fourth-order valence-corrected chi connectivity index (χ4v) is 9.78. The fraction of sp³-hybridized carbons (Fsp3) is 0.434. The van der Waals surface area contributed by atoms with Crippen molar-refractivity contribution in [2.45, 2.75) is 89.8 Å². The molecular weight excluding hydrogens is 855 g/mol. The second-order valence-electron chi connectivity index (χ2n) is 17.6. The number of ether oxygens (including phenoxy) is 5. The van der Waals surface area contributed by atoms with E-state index in [4.69, 9.17) is 33.7 Å². The summed E-state index contributed by atoms with van der Waals surface area (Å²) in [5, 5.41) is 36.1. The van der Waals surface area contributed by atoms with Crippen molar-refractivity contribution in [3.63, 3.8) is 0 Å². The average Bonchev–Trinajstić information content (AvgIpc) is 3.33. The minimum atomic E-state index is -1.48. The molecule has 1 fully saturated rings. The number of carbonyl (C=O) groups excluding carboxylic acids is 1. The number of aliphatic hydroxyl groups excluding tert-OH is 2. The lowest BCUT2D eigenvalue weighted by atomic mass is 9.55. The number of allylic oxidation sites excluding steroid dienone is 1. The maximum absolute atomic E-state index is 14.3. The van der Waals surface area contributed by atoms with Gasteiger partial charge in [0, 0.05) is 50.3 Å². The highest BCUT2D eigenvalue weighted by atomic mass is 16.7. The van der Waals surface area contributed by atoms with Crippen molar-refractivity contribution >= 4 is 17.5 Å². The maximum Gasteiger partial charge on any atom is 0.410 e. The van der Waals surface area contributed by atoms with E-state index in [1.807, 2.05) is 60.7 Å². The monoisotopic (exact) mass is 917 g/mol. The quantitative estimate of drug-likeness (QED) is 0.0314. The molecule has 1 heterocycles. The number of nitro groups is 1. The lowest BCUT2D eigenvalue weighted by molar-refractivity contribution is -0.384. The van der Waals surface area contributed by atoms with E-state index in [1.54, 1.807) is 25.3 Å². The number of non-ortho nitro benzene ring substituents is 1. The molecular formula is C53H63N3O11. The van der Waals surface area contributed by atoms with Gasteiger partial charge in [-0.3, -0.25) is 10.1 Å². The molecule has 0 bridgehead atoms. The first kappa shape index (κ1) is 48.9. The lowest BCUT2D eigenvalue weighted by Gasteiger charge is -2.59. The number of unbranched alkanes of at least 4 members (excludes halogenated alkanes) is 2. The zero-order valence-electron chi connectivity index (χ0n) is 38.7. The van der Waals surface area contributed by atoms with Crippen LogP contribution in [0, 0.1) is 41.7 Å². The van der Waals surface area contributed by atoms with E-state index < -0.39 is 28.8 Å². The van der Waals surface area contributed by atoms with Gasteiger partial charge in [0.15, 0.2) is 0 Å². The zero-order chi connectivity index (χ0) is 47.3. The molecule has 2 N–H and O–H groups in total. The largest absolute Gasteiger partial charge is 0.459 e. The van der Waals surface area contributed by atoms with Crippen LogP contribution in [0.2, 0.25) is 0 Å². The van der Waals surface area contributed by atoms with Crippen LogP contribution in [0.5, 0.6) is 17.2 Å². The molecule has 3 aliphatic rings. The van der Waals surface area contributed by atoms with Crippen LogP contribution in [0.3, 0.4) is 0 Å². The number of rotatable bonds is 23. The number of aliphatic hydroxyl groups is 2. The molecule has 0 spiro atoms. The van der Waals surface area contributed by atoms with Crippen LogP contribution in [0.1, 0.15) is 78.7 Å². The zero-order valence-corrected chi connectivity index (χ0v) is 38.7. The van der Waals surface area contributed by atoms with Gasteiger partial charge in [0.05, 0.1) is 36.4 Å². The molecule has 4 aromatic carbocycles. The third-order valence-electron chi connectivity index (χ3n) is 13.2. The molecule has 6 atom stereocenters. The maximum atomic E-state index is 14.3. The Kier molecular flexibility index (Phi) is 16.8. The molecule has 0 aromatic heterocycles. The van der Waals surface area contributed by atoms with E-state index in [0.29, 0.717) is 48.0 Å². The summed E-state index contributed by atoms with van der Waals surface area (Å²) in [4.78, 5) is 32.8. The molecule has 0 radical (unpaired) electrons. The van der Waals surface area contributed by atoms with Crippen LogP contribution in [0.4, 0.5) is 10.5 Å². The number of fused-ring (bicyclic) bond motifs is 2. The van der Waals surface area contributed by atoms with E-state index in [9.17, 15) is 25.1 Å². The number of benzene rings is 4. The first-order valence-corrected chi connectivity index (χ1v) is 23.3. The third kappa shape index (κ3) is 11.6. The van der Waals surface area contributed by atoms with Crippen molar-refractivity contribution in [1.82, 2.24) is 4.90 Å². The molecule has 1 aliphatic heterocycles. The van der Waals surface area contributed by atoms with E-state index >= 15 is 0 Å². The summed E-state index contributed by atoms with van der Waals surface area (Å²) < 4.78 is 32.5. The highest BCUT2D eigenvalue weighted by molar-refractivity contribution is 6.03. The number of nitro benzene ring substituents is 1. The second kappa shape index (κ2) is 23.1. The van der Waals surface area contributed by atoms with Crippen LogP contribution >= 0.6 is 0 Å². The van der Waals surface area contributed by atoms with Gasteiger partial charge in [0.1, 0.15) is 36.5 Å². The van der Waals surface area contributed by atoms with Crippen molar-refractivity contribution in [3.05, 3.63) is 153 Å². The Bertz CT molecular complexity index is 2370. The molecule has 7 rings (SSSR count). The molecule has 1 amide bonds. The number of hydrogen-bond donors (Lipinski definition) is 2. The van der Waals surface area contributed by atoms with Crippen molar-refractivity contribution in [2.75, 3.05) is 40.1 Å². The van der Waals surface area contributed by atoms with Gasteiger partial charge < -0.3 is 43.6 Å². The van der Waals surface area contributed by atoms with Gasteiger partial charge in [-0.2, -0.15) is 0 Å². The Labute approximate surface area is 392 Å². The third-order valence-corrected chi connectivity index (χ3v) is 13.2. The van der Waals surface area contributed by atoms with E-state index in [1.165, 1.54) is 17.0 Å². The van der Waals surface area contributed by atoms with Crippen molar-refractivity contribution in [1.29, 1.82) is 0 Å². The topological polar surface area (TPSA) is 172 Å². The molecule has 4 aromatic rings. The standard InChI is InChI=1S/C53H63N3O11/c1-5-27-64-53-49(55(4)52(59)63-29-28-62-34-38-13-7-6-8-14-38)33-47(54-65-35-39-18-20-41(21-19-39)56(60)61)45-31-40(15-9-11-25-57)44(16-10-12-26-58)50(51(45)53)46-32-43(23-24-48(46)67-53)66-42-22-17-36(2)37(3)30-42/h5-8,13-14,17-24,30-32,40,44,49-51,57-58H,1,9-12,15-16,25-29,33-35H2,2-4H3. The summed E-state index contributed by atoms with van der Waals surface area (Å²) >= 11 is 0. The molecule has 356 valence electrons. The van der Waals surface area contributed by atoms with Gasteiger partial charge in [-0.25, -0.2) is 4.79 Å². The molecule has 67 heavy (non-hydrogen) atoms. The highest BCUT2D eigenvalue weighted by Crippen LogP contribution is 2.62. The molecule has 14 nitrogen and oxygen atoms in total. The summed E-state index contributed by atoms with van der Waals surface area (Å²) in [5.41, 5.74) is 6.32.